The van der Waals surface area contributed by atoms with Gasteiger partial charge in [-0.15, -0.1) is 0 Å². The lowest BCUT2D eigenvalue weighted by molar-refractivity contribution is -0.127. The van der Waals surface area contributed by atoms with Crippen molar-refractivity contribution in [2.24, 2.45) is 0 Å². The minimum atomic E-state index is -1.14. The molecule has 2 N–H and O–H groups in total. The van der Waals surface area contributed by atoms with Gasteiger partial charge in [-0.05, 0) is 58.7 Å². The summed E-state index contributed by atoms with van der Waals surface area (Å²) in [5.74, 6) is -1.02. The number of benzene rings is 1. The molecule has 3 rings (SSSR count). The van der Waals surface area contributed by atoms with E-state index in [0.717, 1.165) is 24.2 Å². The molecule has 1 aliphatic carbocycles. The van der Waals surface area contributed by atoms with Crippen molar-refractivity contribution in [3.8, 4) is 5.69 Å². The van der Waals surface area contributed by atoms with Crippen LogP contribution < -0.4 is 10.6 Å². The molecule has 0 unspecified atom stereocenters. The van der Waals surface area contributed by atoms with E-state index in [2.05, 4.69) is 15.7 Å². The van der Waals surface area contributed by atoms with Crippen LogP contribution >= 0.6 is 0 Å². The average molecular weight is 398 g/mol. The third-order valence-electron chi connectivity index (χ3n) is 4.31. The van der Waals surface area contributed by atoms with Crippen LogP contribution in [0.4, 0.5) is 4.79 Å². The van der Waals surface area contributed by atoms with E-state index in [9.17, 15) is 14.4 Å². The number of aromatic nitrogens is 2. The highest BCUT2D eigenvalue weighted by Crippen LogP contribution is 2.39. The van der Waals surface area contributed by atoms with Gasteiger partial charge in [0.15, 0.2) is 11.8 Å². The molecule has 1 atom stereocenters. The summed E-state index contributed by atoms with van der Waals surface area (Å²) in [5, 5.41) is 9.36. The molecule has 1 fully saturated rings. The Kier molecular flexibility index (Phi) is 5.72. The SMILES string of the molecule is C[C@@H](OC(=O)c1cc(C2CC2)nn1-c1ccccc1)C(=O)NC(=O)NC(C)(C)C. The molecular weight excluding hydrogens is 372 g/mol. The lowest BCUT2D eigenvalue weighted by Gasteiger charge is -2.21. The van der Waals surface area contributed by atoms with Crippen LogP contribution in [0.2, 0.25) is 0 Å². The van der Waals surface area contributed by atoms with E-state index in [4.69, 9.17) is 4.74 Å². The Bertz CT molecular complexity index is 911. The maximum absolute atomic E-state index is 12.8. The Morgan fingerprint density at radius 1 is 1.17 bits per heavy atom. The highest BCUT2D eigenvalue weighted by Gasteiger charge is 2.30. The molecule has 3 amide bonds. The molecular formula is C21H26N4O4. The van der Waals surface area contributed by atoms with Crippen molar-refractivity contribution in [3.05, 3.63) is 47.8 Å². The van der Waals surface area contributed by atoms with Crippen LogP contribution in [0.25, 0.3) is 5.69 Å². The first-order chi connectivity index (χ1) is 13.6. The minimum Gasteiger partial charge on any atom is -0.448 e. The molecule has 8 heteroatoms. The predicted octanol–water partition coefficient (Wildman–Crippen LogP) is 2.92. The molecule has 1 aromatic heterocycles. The lowest BCUT2D eigenvalue weighted by atomic mass is 10.1. The van der Waals surface area contributed by atoms with Crippen molar-refractivity contribution in [1.82, 2.24) is 20.4 Å². The van der Waals surface area contributed by atoms with Crippen molar-refractivity contribution in [1.29, 1.82) is 0 Å². The molecule has 0 bridgehead atoms. The summed E-state index contributed by atoms with van der Waals surface area (Å²) >= 11 is 0. The first-order valence-electron chi connectivity index (χ1n) is 9.63. The molecule has 154 valence electrons. The van der Waals surface area contributed by atoms with E-state index >= 15 is 0 Å². The number of ether oxygens (including phenoxy) is 1. The Morgan fingerprint density at radius 2 is 1.83 bits per heavy atom. The number of hydrogen-bond donors (Lipinski definition) is 2. The molecule has 1 aromatic carbocycles. The van der Waals surface area contributed by atoms with Crippen LogP contribution in [-0.4, -0.2) is 39.3 Å². The van der Waals surface area contributed by atoms with Gasteiger partial charge < -0.3 is 10.1 Å². The second-order valence-corrected chi connectivity index (χ2v) is 8.22. The van der Waals surface area contributed by atoms with Crippen molar-refractivity contribution >= 4 is 17.9 Å². The normalized spacial score (nSPS) is 14.8. The number of esters is 1. The second-order valence-electron chi connectivity index (χ2n) is 8.22. The quantitative estimate of drug-likeness (QED) is 0.754. The number of nitrogens with zero attached hydrogens (tertiary/aromatic N) is 2. The van der Waals surface area contributed by atoms with Gasteiger partial charge >= 0.3 is 12.0 Å². The maximum Gasteiger partial charge on any atom is 0.357 e. The van der Waals surface area contributed by atoms with Crippen molar-refractivity contribution in [2.45, 2.75) is 58.1 Å². The smallest absolute Gasteiger partial charge is 0.357 e. The van der Waals surface area contributed by atoms with Crippen molar-refractivity contribution < 1.29 is 19.1 Å². The van der Waals surface area contributed by atoms with Gasteiger partial charge in [-0.1, -0.05) is 18.2 Å². The molecule has 1 saturated carbocycles. The van der Waals surface area contributed by atoms with Crippen LogP contribution in [0.1, 0.15) is 62.6 Å². The Balaban J connectivity index is 1.71. The molecule has 1 aliphatic rings. The summed E-state index contributed by atoms with van der Waals surface area (Å²) in [5.41, 5.74) is 1.32. The van der Waals surface area contributed by atoms with Crippen LogP contribution in [0.3, 0.4) is 0 Å². The number of rotatable bonds is 5. The number of para-hydroxylation sites is 1. The molecule has 1 heterocycles. The number of amides is 3. The van der Waals surface area contributed by atoms with Crippen LogP contribution in [0.5, 0.6) is 0 Å². The largest absolute Gasteiger partial charge is 0.448 e. The fourth-order valence-corrected chi connectivity index (χ4v) is 2.75. The molecule has 8 nitrogen and oxygen atoms in total. The summed E-state index contributed by atoms with van der Waals surface area (Å²) in [7, 11) is 0. The number of hydrogen-bond acceptors (Lipinski definition) is 5. The number of imide groups is 1. The van der Waals surface area contributed by atoms with Gasteiger partial charge in [-0.2, -0.15) is 5.10 Å². The highest BCUT2D eigenvalue weighted by atomic mass is 16.5. The topological polar surface area (TPSA) is 102 Å². The van der Waals surface area contributed by atoms with Crippen LogP contribution in [0, 0.1) is 0 Å². The van der Waals surface area contributed by atoms with Crippen LogP contribution in [0.15, 0.2) is 36.4 Å². The second kappa shape index (κ2) is 8.06. The fourth-order valence-electron chi connectivity index (χ4n) is 2.75. The third kappa shape index (κ3) is 5.43. The van der Waals surface area contributed by atoms with E-state index < -0.39 is 29.6 Å². The van der Waals surface area contributed by atoms with E-state index in [0.29, 0.717) is 5.92 Å². The van der Waals surface area contributed by atoms with E-state index in [1.807, 2.05) is 30.3 Å². The maximum atomic E-state index is 12.8. The molecule has 0 radical (unpaired) electrons. The molecule has 0 spiro atoms. The van der Waals surface area contributed by atoms with Gasteiger partial charge in [0.2, 0.25) is 0 Å². The third-order valence-corrected chi connectivity index (χ3v) is 4.31. The number of carbonyl (C=O) groups is 3. The standard InChI is InChI=1S/C21H26N4O4/c1-13(18(26)22-20(28)23-21(2,3)4)29-19(27)17-12-16(14-10-11-14)24-25(17)15-8-6-5-7-9-15/h5-9,12-14H,10-11H2,1-4H3,(H2,22,23,26,28)/t13-/m1/s1. The fraction of sp³-hybridized carbons (Fsp3) is 0.429. The summed E-state index contributed by atoms with van der Waals surface area (Å²) < 4.78 is 6.85. The minimum absolute atomic E-state index is 0.247. The van der Waals surface area contributed by atoms with Gasteiger partial charge in [0.1, 0.15) is 0 Å². The number of carbonyl (C=O) groups excluding carboxylic acids is 3. The Hall–Kier alpha value is -3.16. The van der Waals surface area contributed by atoms with Crippen molar-refractivity contribution in [3.63, 3.8) is 0 Å². The first-order valence-corrected chi connectivity index (χ1v) is 9.63. The molecule has 2 aromatic rings. The summed E-state index contributed by atoms with van der Waals surface area (Å²) in [4.78, 5) is 36.8. The van der Waals surface area contributed by atoms with Gasteiger partial charge in [-0.3, -0.25) is 10.1 Å². The monoisotopic (exact) mass is 398 g/mol. The van der Waals surface area contributed by atoms with E-state index in [1.54, 1.807) is 26.8 Å². The average Bonchev–Trinajstić information content (AvgIpc) is 3.39. The van der Waals surface area contributed by atoms with Gasteiger partial charge in [0, 0.05) is 11.5 Å². The first kappa shape index (κ1) is 20.6. The van der Waals surface area contributed by atoms with Gasteiger partial charge in [0.05, 0.1) is 11.4 Å². The number of urea groups is 1. The zero-order valence-corrected chi connectivity index (χ0v) is 17.1. The van der Waals surface area contributed by atoms with E-state index in [1.165, 1.54) is 11.6 Å². The summed E-state index contributed by atoms with van der Waals surface area (Å²) in [6, 6.07) is 10.3. The lowest BCUT2D eigenvalue weighted by Crippen LogP contribution is -2.50. The zero-order chi connectivity index (χ0) is 21.2. The van der Waals surface area contributed by atoms with Gasteiger partial charge in [0.25, 0.3) is 5.91 Å². The zero-order valence-electron chi connectivity index (χ0n) is 17.1. The van der Waals surface area contributed by atoms with E-state index in [-0.39, 0.29) is 5.69 Å². The molecule has 0 saturated heterocycles. The molecule has 29 heavy (non-hydrogen) atoms. The summed E-state index contributed by atoms with van der Waals surface area (Å²) in [6.45, 7) is 6.80. The highest BCUT2D eigenvalue weighted by molar-refractivity contribution is 5.98. The van der Waals surface area contributed by atoms with Crippen molar-refractivity contribution in [2.75, 3.05) is 0 Å². The summed E-state index contributed by atoms with van der Waals surface area (Å²) in [6.07, 6.45) is 0.945. The van der Waals surface area contributed by atoms with Crippen LogP contribution in [-0.2, 0) is 9.53 Å². The Morgan fingerprint density at radius 3 is 2.41 bits per heavy atom. The number of nitrogens with one attached hydrogen (secondary N) is 2. The molecule has 0 aliphatic heterocycles. The Labute approximate surface area is 169 Å². The predicted molar refractivity (Wildman–Crippen MR) is 107 cm³/mol. The van der Waals surface area contributed by atoms with Gasteiger partial charge in [-0.25, -0.2) is 14.3 Å².